The molecule has 5 nitrogen and oxygen atoms in total. The highest BCUT2D eigenvalue weighted by Gasteiger charge is 2.48. The largest absolute Gasteiger partial charge is 0.359 e. The molecule has 27 heavy (non-hydrogen) atoms. The standard InChI is InChI=1S/C22H29N3O2/c1-16(2)25-11-4-9-22(21(25)26)10-12-24(15-22)14-19-13-20(23-27-19)18-7-5-17(3)6-8-18/h5-8,13,16H,4,9-12,14-15H2,1-3H3/t22-/m1/s1. The highest BCUT2D eigenvalue weighted by molar-refractivity contribution is 5.84. The van der Waals surface area contributed by atoms with E-state index in [-0.39, 0.29) is 11.5 Å². The first-order valence-corrected chi connectivity index (χ1v) is 10.0. The van der Waals surface area contributed by atoms with Crippen molar-refractivity contribution in [3.05, 3.63) is 41.7 Å². The lowest BCUT2D eigenvalue weighted by Crippen LogP contribution is -2.52. The number of piperidine rings is 1. The van der Waals surface area contributed by atoms with Crippen LogP contribution >= 0.6 is 0 Å². The van der Waals surface area contributed by atoms with Crippen LogP contribution in [-0.4, -0.2) is 46.5 Å². The SMILES string of the molecule is Cc1ccc(-c2cc(CN3CC[C@]4(CCCN(C(C)C)C4=O)C3)on2)cc1. The lowest BCUT2D eigenvalue weighted by atomic mass is 9.78. The Hall–Kier alpha value is -2.14. The zero-order valence-electron chi connectivity index (χ0n) is 16.6. The van der Waals surface area contributed by atoms with Crippen LogP contribution in [-0.2, 0) is 11.3 Å². The van der Waals surface area contributed by atoms with Gasteiger partial charge in [0.1, 0.15) is 5.69 Å². The summed E-state index contributed by atoms with van der Waals surface area (Å²) in [6, 6.07) is 10.6. The third kappa shape index (κ3) is 3.53. The van der Waals surface area contributed by atoms with Crippen LogP contribution in [0.5, 0.6) is 0 Å². The van der Waals surface area contributed by atoms with Gasteiger partial charge in [0, 0.05) is 30.8 Å². The number of amides is 1. The second-order valence-electron chi connectivity index (χ2n) is 8.48. The molecule has 0 unspecified atom stereocenters. The van der Waals surface area contributed by atoms with Gasteiger partial charge >= 0.3 is 0 Å². The van der Waals surface area contributed by atoms with Crippen molar-refractivity contribution >= 4 is 5.91 Å². The second kappa shape index (κ2) is 7.12. The summed E-state index contributed by atoms with van der Waals surface area (Å²) in [7, 11) is 0. The van der Waals surface area contributed by atoms with E-state index in [0.717, 1.165) is 62.5 Å². The molecule has 1 aromatic heterocycles. The van der Waals surface area contributed by atoms with Crippen LogP contribution in [0.25, 0.3) is 11.3 Å². The average Bonchev–Trinajstić information content (AvgIpc) is 3.26. The van der Waals surface area contributed by atoms with E-state index >= 15 is 0 Å². The van der Waals surface area contributed by atoms with Gasteiger partial charge in [-0.3, -0.25) is 9.69 Å². The lowest BCUT2D eigenvalue weighted by molar-refractivity contribution is -0.147. The monoisotopic (exact) mass is 367 g/mol. The van der Waals surface area contributed by atoms with Gasteiger partial charge < -0.3 is 9.42 Å². The maximum absolute atomic E-state index is 13.1. The van der Waals surface area contributed by atoms with E-state index in [0.29, 0.717) is 5.91 Å². The molecular weight excluding hydrogens is 338 g/mol. The molecule has 144 valence electrons. The fraction of sp³-hybridized carbons (Fsp3) is 0.545. The van der Waals surface area contributed by atoms with Crippen molar-refractivity contribution in [3.63, 3.8) is 0 Å². The number of rotatable bonds is 4. The molecule has 0 bridgehead atoms. The Kier molecular flexibility index (Phi) is 4.81. The molecule has 2 aromatic rings. The number of hydrogen-bond donors (Lipinski definition) is 0. The molecule has 4 rings (SSSR count). The van der Waals surface area contributed by atoms with E-state index < -0.39 is 0 Å². The van der Waals surface area contributed by atoms with Gasteiger partial charge in [-0.05, 0) is 46.6 Å². The van der Waals surface area contributed by atoms with Crippen molar-refractivity contribution < 1.29 is 9.32 Å². The Balaban J connectivity index is 1.43. The van der Waals surface area contributed by atoms with Crippen LogP contribution in [0.1, 0.15) is 44.4 Å². The number of benzene rings is 1. The first kappa shape index (κ1) is 18.2. The van der Waals surface area contributed by atoms with Crippen LogP contribution in [0.4, 0.5) is 0 Å². The molecule has 3 heterocycles. The zero-order chi connectivity index (χ0) is 19.0. The molecule has 2 fully saturated rings. The number of carbonyl (C=O) groups is 1. The van der Waals surface area contributed by atoms with E-state index in [2.05, 4.69) is 60.0 Å². The normalized spacial score (nSPS) is 23.7. The minimum Gasteiger partial charge on any atom is -0.359 e. The maximum atomic E-state index is 13.1. The van der Waals surface area contributed by atoms with E-state index in [4.69, 9.17) is 4.52 Å². The van der Waals surface area contributed by atoms with Gasteiger partial charge in [0.25, 0.3) is 0 Å². The van der Waals surface area contributed by atoms with Gasteiger partial charge in [0.2, 0.25) is 5.91 Å². The van der Waals surface area contributed by atoms with Gasteiger partial charge in [-0.25, -0.2) is 0 Å². The predicted octanol–water partition coefficient (Wildman–Crippen LogP) is 3.87. The molecule has 0 radical (unpaired) electrons. The first-order chi connectivity index (χ1) is 13.0. The van der Waals surface area contributed by atoms with Gasteiger partial charge in [0.05, 0.1) is 12.0 Å². The Morgan fingerprint density at radius 3 is 2.70 bits per heavy atom. The summed E-state index contributed by atoms with van der Waals surface area (Å²) in [5.74, 6) is 1.22. The van der Waals surface area contributed by atoms with Gasteiger partial charge in [-0.15, -0.1) is 0 Å². The van der Waals surface area contributed by atoms with Crippen LogP contribution in [0.2, 0.25) is 0 Å². The summed E-state index contributed by atoms with van der Waals surface area (Å²) < 4.78 is 5.59. The summed E-state index contributed by atoms with van der Waals surface area (Å²) in [5.41, 5.74) is 2.99. The number of carbonyl (C=O) groups excluding carboxylic acids is 1. The number of nitrogens with zero attached hydrogens (tertiary/aromatic N) is 3. The highest BCUT2D eigenvalue weighted by Crippen LogP contribution is 2.41. The van der Waals surface area contributed by atoms with Crippen molar-refractivity contribution in [1.82, 2.24) is 15.0 Å². The van der Waals surface area contributed by atoms with E-state index in [1.54, 1.807) is 0 Å². The van der Waals surface area contributed by atoms with Crippen molar-refractivity contribution in [2.75, 3.05) is 19.6 Å². The van der Waals surface area contributed by atoms with Crippen LogP contribution in [0.3, 0.4) is 0 Å². The van der Waals surface area contributed by atoms with Gasteiger partial charge in [-0.1, -0.05) is 35.0 Å². The predicted molar refractivity (Wildman–Crippen MR) is 105 cm³/mol. The molecule has 2 aliphatic heterocycles. The topological polar surface area (TPSA) is 49.6 Å². The van der Waals surface area contributed by atoms with E-state index in [1.165, 1.54) is 5.56 Å². The third-order valence-electron chi connectivity index (χ3n) is 6.11. The minimum atomic E-state index is -0.192. The van der Waals surface area contributed by atoms with Gasteiger partial charge in [-0.2, -0.15) is 0 Å². The molecule has 2 aliphatic rings. The van der Waals surface area contributed by atoms with E-state index in [9.17, 15) is 4.79 Å². The number of hydrogen-bond acceptors (Lipinski definition) is 4. The van der Waals surface area contributed by atoms with E-state index in [1.807, 2.05) is 6.07 Å². The van der Waals surface area contributed by atoms with Crippen molar-refractivity contribution in [1.29, 1.82) is 0 Å². The fourth-order valence-corrected chi connectivity index (χ4v) is 4.53. The van der Waals surface area contributed by atoms with Crippen molar-refractivity contribution in [2.45, 2.75) is 52.6 Å². The summed E-state index contributed by atoms with van der Waals surface area (Å²) >= 11 is 0. The lowest BCUT2D eigenvalue weighted by Gasteiger charge is -2.41. The summed E-state index contributed by atoms with van der Waals surface area (Å²) in [6.07, 6.45) is 3.07. The molecule has 5 heteroatoms. The molecule has 0 saturated carbocycles. The van der Waals surface area contributed by atoms with Crippen LogP contribution < -0.4 is 0 Å². The Bertz CT molecular complexity index is 811. The highest BCUT2D eigenvalue weighted by atomic mass is 16.5. The fourth-order valence-electron chi connectivity index (χ4n) is 4.53. The summed E-state index contributed by atoms with van der Waals surface area (Å²) in [5, 5.41) is 4.24. The number of aromatic nitrogens is 1. The Labute approximate surface area is 161 Å². The minimum absolute atomic E-state index is 0.192. The molecule has 1 spiro atoms. The summed E-state index contributed by atoms with van der Waals surface area (Å²) in [6.45, 7) is 9.70. The molecule has 0 aliphatic carbocycles. The van der Waals surface area contributed by atoms with Crippen molar-refractivity contribution in [3.8, 4) is 11.3 Å². The molecule has 1 atom stereocenters. The van der Waals surface area contributed by atoms with Gasteiger partial charge in [0.15, 0.2) is 5.76 Å². The quantitative estimate of drug-likeness (QED) is 0.823. The van der Waals surface area contributed by atoms with Crippen LogP contribution in [0.15, 0.2) is 34.9 Å². The molecule has 1 aromatic carbocycles. The third-order valence-corrected chi connectivity index (χ3v) is 6.11. The molecular formula is C22H29N3O2. The Morgan fingerprint density at radius 2 is 1.96 bits per heavy atom. The second-order valence-corrected chi connectivity index (χ2v) is 8.48. The Morgan fingerprint density at radius 1 is 1.19 bits per heavy atom. The number of likely N-dealkylation sites (tertiary alicyclic amines) is 2. The molecule has 0 N–H and O–H groups in total. The van der Waals surface area contributed by atoms with Crippen LogP contribution in [0, 0.1) is 12.3 Å². The summed E-state index contributed by atoms with van der Waals surface area (Å²) in [4.78, 5) is 17.5. The first-order valence-electron chi connectivity index (χ1n) is 10.0. The zero-order valence-corrected chi connectivity index (χ0v) is 16.6. The molecule has 1 amide bonds. The molecule has 2 saturated heterocycles. The average molecular weight is 367 g/mol. The maximum Gasteiger partial charge on any atom is 0.230 e. The van der Waals surface area contributed by atoms with Crippen molar-refractivity contribution in [2.24, 2.45) is 5.41 Å². The number of aryl methyl sites for hydroxylation is 1. The smallest absolute Gasteiger partial charge is 0.230 e.